The molecule has 33 heavy (non-hydrogen) atoms. The zero-order valence-electron chi connectivity index (χ0n) is 19.3. The van der Waals surface area contributed by atoms with Gasteiger partial charge in [-0.05, 0) is 44.0 Å². The highest BCUT2D eigenvalue weighted by atomic mass is 32.2. The average Bonchev–Trinajstić information content (AvgIpc) is 2.81. The largest absolute Gasteiger partial charge is 0.494 e. The Morgan fingerprint density at radius 1 is 1.06 bits per heavy atom. The highest BCUT2D eigenvalue weighted by Crippen LogP contribution is 2.28. The van der Waals surface area contributed by atoms with Gasteiger partial charge in [0.05, 0.1) is 18.9 Å². The van der Waals surface area contributed by atoms with Crippen molar-refractivity contribution in [2.75, 3.05) is 25.4 Å². The number of nitrogens with one attached hydrogen (secondary N) is 1. The number of carbonyl (C=O) groups is 2. The zero-order chi connectivity index (χ0) is 24.1. The quantitative estimate of drug-likeness (QED) is 0.602. The van der Waals surface area contributed by atoms with E-state index in [9.17, 15) is 18.0 Å². The van der Waals surface area contributed by atoms with Crippen molar-refractivity contribution in [3.63, 3.8) is 0 Å². The summed E-state index contributed by atoms with van der Waals surface area (Å²) >= 11 is 0. The van der Waals surface area contributed by atoms with Crippen molar-refractivity contribution in [3.05, 3.63) is 65.7 Å². The molecule has 0 saturated carbocycles. The highest BCUT2D eigenvalue weighted by molar-refractivity contribution is 7.89. The number of rotatable bonds is 9. The summed E-state index contributed by atoms with van der Waals surface area (Å²) in [7, 11) is -3.64. The maximum Gasteiger partial charge on any atom is 0.247 e. The minimum Gasteiger partial charge on any atom is -0.494 e. The summed E-state index contributed by atoms with van der Waals surface area (Å²) in [6.07, 6.45) is 0. The molecule has 8 nitrogen and oxygen atoms in total. The lowest BCUT2D eigenvalue weighted by molar-refractivity contribution is -0.153. The lowest BCUT2D eigenvalue weighted by Gasteiger charge is -2.46. The number of piperazine rings is 1. The van der Waals surface area contributed by atoms with Crippen molar-refractivity contribution < 1.29 is 22.7 Å². The number of hydrogen-bond donors (Lipinski definition) is 1. The average molecular weight is 474 g/mol. The van der Waals surface area contributed by atoms with Crippen LogP contribution >= 0.6 is 0 Å². The molecule has 0 aliphatic carbocycles. The van der Waals surface area contributed by atoms with Crippen LogP contribution in [-0.2, 0) is 32.7 Å². The van der Waals surface area contributed by atoms with Crippen LogP contribution in [0.15, 0.2) is 54.6 Å². The molecule has 2 aromatic carbocycles. The Bertz CT molecular complexity index is 1070. The van der Waals surface area contributed by atoms with Crippen molar-refractivity contribution in [1.29, 1.82) is 0 Å². The molecule has 2 aromatic rings. The van der Waals surface area contributed by atoms with Crippen LogP contribution in [0.3, 0.4) is 0 Å². The van der Waals surface area contributed by atoms with E-state index in [1.807, 2.05) is 61.5 Å². The molecule has 1 aliphatic heterocycles. The van der Waals surface area contributed by atoms with E-state index in [0.29, 0.717) is 6.61 Å². The number of hydrogen-bond acceptors (Lipinski definition) is 5. The van der Waals surface area contributed by atoms with Crippen LogP contribution in [0.25, 0.3) is 0 Å². The number of ether oxygens (including phenoxy) is 1. The fourth-order valence-electron chi connectivity index (χ4n) is 3.84. The standard InChI is InChI=1S/C24H31N3O5S/c1-4-32-21-13-11-20(12-14-21)16-27-22(28)17-26(33(30,31)5-2)18-24(27,3)23(29)25-15-19-9-7-6-8-10-19/h6-14H,4-5,15-18H2,1-3H3,(H,25,29). The van der Waals surface area contributed by atoms with Crippen LogP contribution in [0.5, 0.6) is 5.75 Å². The van der Waals surface area contributed by atoms with Gasteiger partial charge < -0.3 is 15.0 Å². The maximum absolute atomic E-state index is 13.4. The summed E-state index contributed by atoms with van der Waals surface area (Å²) in [5.74, 6) is -0.234. The van der Waals surface area contributed by atoms with Crippen molar-refractivity contribution in [3.8, 4) is 5.75 Å². The molecule has 0 aromatic heterocycles. The third kappa shape index (κ3) is 5.72. The van der Waals surface area contributed by atoms with Crippen LogP contribution in [0.2, 0.25) is 0 Å². The van der Waals surface area contributed by atoms with Crippen molar-refractivity contribution in [2.24, 2.45) is 0 Å². The van der Waals surface area contributed by atoms with E-state index in [2.05, 4.69) is 5.32 Å². The fraction of sp³-hybridized carbons (Fsp3) is 0.417. The molecular formula is C24H31N3O5S. The van der Waals surface area contributed by atoms with Gasteiger partial charge in [0.2, 0.25) is 21.8 Å². The predicted octanol–water partition coefficient (Wildman–Crippen LogP) is 2.15. The Hall–Kier alpha value is -2.91. The van der Waals surface area contributed by atoms with Crippen molar-refractivity contribution >= 4 is 21.8 Å². The lowest BCUT2D eigenvalue weighted by atomic mass is 9.94. The minimum absolute atomic E-state index is 0.105. The van der Waals surface area contributed by atoms with Gasteiger partial charge in [-0.25, -0.2) is 8.42 Å². The SMILES string of the molecule is CCOc1ccc(CN2C(=O)CN(S(=O)(=O)CC)CC2(C)C(=O)NCc2ccccc2)cc1. The highest BCUT2D eigenvalue weighted by Gasteiger charge is 2.49. The molecule has 9 heteroatoms. The second-order valence-corrected chi connectivity index (χ2v) is 10.4. The molecular weight excluding hydrogens is 442 g/mol. The van der Waals surface area contributed by atoms with Gasteiger partial charge in [-0.2, -0.15) is 4.31 Å². The van der Waals surface area contributed by atoms with E-state index in [4.69, 9.17) is 4.74 Å². The van der Waals surface area contributed by atoms with Crippen LogP contribution in [0.1, 0.15) is 31.9 Å². The van der Waals surface area contributed by atoms with Crippen LogP contribution in [0.4, 0.5) is 0 Å². The third-order valence-electron chi connectivity index (χ3n) is 5.81. The van der Waals surface area contributed by atoms with E-state index < -0.39 is 27.4 Å². The van der Waals surface area contributed by atoms with Crippen LogP contribution in [-0.4, -0.2) is 60.4 Å². The van der Waals surface area contributed by atoms with Crippen LogP contribution in [0, 0.1) is 0 Å². The molecule has 1 aliphatic rings. The molecule has 1 fully saturated rings. The van der Waals surface area contributed by atoms with E-state index in [1.54, 1.807) is 6.92 Å². The number of nitrogens with zero attached hydrogens (tertiary/aromatic N) is 2. The molecule has 0 bridgehead atoms. The summed E-state index contributed by atoms with van der Waals surface area (Å²) in [5, 5.41) is 2.89. The first-order valence-electron chi connectivity index (χ1n) is 11.0. The third-order valence-corrected chi connectivity index (χ3v) is 7.59. The Morgan fingerprint density at radius 2 is 1.73 bits per heavy atom. The molecule has 1 N–H and O–H groups in total. The second kappa shape index (κ2) is 10.4. The van der Waals surface area contributed by atoms with Gasteiger partial charge in [-0.15, -0.1) is 0 Å². The maximum atomic E-state index is 13.4. The van der Waals surface area contributed by atoms with Crippen molar-refractivity contribution in [1.82, 2.24) is 14.5 Å². The Kier molecular flexibility index (Phi) is 7.76. The molecule has 1 heterocycles. The minimum atomic E-state index is -3.64. The van der Waals surface area contributed by atoms with E-state index in [-0.39, 0.29) is 31.9 Å². The molecule has 1 atom stereocenters. The summed E-state index contributed by atoms with van der Waals surface area (Å²) in [5.41, 5.74) is 0.360. The molecule has 3 rings (SSSR count). The van der Waals surface area contributed by atoms with Gasteiger partial charge in [0.25, 0.3) is 0 Å². The van der Waals surface area contributed by atoms with Gasteiger partial charge in [-0.3, -0.25) is 9.59 Å². The topological polar surface area (TPSA) is 96.0 Å². The zero-order valence-corrected chi connectivity index (χ0v) is 20.1. The van der Waals surface area contributed by atoms with Gasteiger partial charge in [-0.1, -0.05) is 42.5 Å². The first-order chi connectivity index (χ1) is 15.7. The van der Waals surface area contributed by atoms with E-state index in [1.165, 1.54) is 11.8 Å². The van der Waals surface area contributed by atoms with Gasteiger partial charge >= 0.3 is 0 Å². The molecule has 178 valence electrons. The normalized spacial score (nSPS) is 19.4. The Balaban J connectivity index is 1.87. The summed E-state index contributed by atoms with van der Waals surface area (Å²) < 4.78 is 31.7. The summed E-state index contributed by atoms with van der Waals surface area (Å²) in [6.45, 7) is 5.67. The smallest absolute Gasteiger partial charge is 0.247 e. The van der Waals surface area contributed by atoms with Gasteiger partial charge in [0.1, 0.15) is 11.3 Å². The fourth-order valence-corrected chi connectivity index (χ4v) is 4.96. The Labute approximate surface area is 195 Å². The van der Waals surface area contributed by atoms with Gasteiger partial charge in [0.15, 0.2) is 0 Å². The van der Waals surface area contributed by atoms with E-state index in [0.717, 1.165) is 21.2 Å². The second-order valence-electron chi connectivity index (χ2n) is 8.17. The predicted molar refractivity (Wildman–Crippen MR) is 126 cm³/mol. The first kappa shape index (κ1) is 24.7. The molecule has 0 radical (unpaired) electrons. The number of sulfonamides is 1. The van der Waals surface area contributed by atoms with Crippen molar-refractivity contribution in [2.45, 2.75) is 39.4 Å². The lowest BCUT2D eigenvalue weighted by Crippen LogP contribution is -2.69. The summed E-state index contributed by atoms with van der Waals surface area (Å²) in [6, 6.07) is 16.7. The van der Waals surface area contributed by atoms with E-state index >= 15 is 0 Å². The molecule has 2 amide bonds. The van der Waals surface area contributed by atoms with Crippen LogP contribution < -0.4 is 10.1 Å². The number of benzene rings is 2. The summed E-state index contributed by atoms with van der Waals surface area (Å²) in [4.78, 5) is 28.0. The number of amides is 2. The van der Waals surface area contributed by atoms with Gasteiger partial charge in [0, 0.05) is 19.6 Å². The molecule has 0 spiro atoms. The number of carbonyl (C=O) groups excluding carboxylic acids is 2. The Morgan fingerprint density at radius 3 is 2.33 bits per heavy atom. The molecule has 1 saturated heterocycles. The molecule has 1 unspecified atom stereocenters. The monoisotopic (exact) mass is 473 g/mol. The first-order valence-corrected chi connectivity index (χ1v) is 12.6.